The summed E-state index contributed by atoms with van der Waals surface area (Å²) in [5.74, 6) is -0.440. The molecule has 16 heavy (non-hydrogen) atoms. The number of nitrogens with zero attached hydrogens (tertiary/aromatic N) is 3. The Labute approximate surface area is 91.0 Å². The minimum Gasteiger partial charge on any atom is -0.275 e. The van der Waals surface area contributed by atoms with Crippen LogP contribution in [0.2, 0.25) is 0 Å². The molecule has 0 spiro atoms. The molecular formula is C11H8FN3O. The van der Waals surface area contributed by atoms with Crippen molar-refractivity contribution in [3.05, 3.63) is 36.4 Å². The number of aliphatic imine (C=N–C) groups is 1. The van der Waals surface area contributed by atoms with Crippen molar-refractivity contribution in [1.82, 2.24) is 9.78 Å². The molecule has 2 rings (SSSR count). The lowest BCUT2D eigenvalue weighted by Crippen LogP contribution is -1.85. The third-order valence-electron chi connectivity index (χ3n) is 2.14. The molecule has 0 saturated heterocycles. The lowest BCUT2D eigenvalue weighted by Gasteiger charge is -1.99. The van der Waals surface area contributed by atoms with E-state index in [9.17, 15) is 9.18 Å². The predicted octanol–water partition coefficient (Wildman–Crippen LogP) is 2.19. The molecule has 0 aliphatic carbocycles. The van der Waals surface area contributed by atoms with Crippen molar-refractivity contribution in [3.8, 4) is 11.1 Å². The summed E-state index contributed by atoms with van der Waals surface area (Å²) in [6, 6.07) is 4.30. The minimum atomic E-state index is -0.440. The van der Waals surface area contributed by atoms with E-state index in [-0.39, 0.29) is 5.69 Å². The molecule has 1 aromatic heterocycles. The van der Waals surface area contributed by atoms with Gasteiger partial charge in [-0.2, -0.15) is 10.1 Å². The van der Waals surface area contributed by atoms with E-state index in [1.807, 2.05) is 0 Å². The van der Waals surface area contributed by atoms with E-state index >= 15 is 0 Å². The van der Waals surface area contributed by atoms with Gasteiger partial charge in [0.25, 0.3) is 0 Å². The maximum absolute atomic E-state index is 13.6. The molecule has 0 aliphatic heterocycles. The third kappa shape index (κ3) is 1.89. The number of halogens is 1. The van der Waals surface area contributed by atoms with Crippen LogP contribution in [0, 0.1) is 5.82 Å². The highest BCUT2D eigenvalue weighted by Crippen LogP contribution is 2.25. The second kappa shape index (κ2) is 4.08. The maximum atomic E-state index is 13.6. The molecule has 0 radical (unpaired) electrons. The molecule has 0 atom stereocenters. The van der Waals surface area contributed by atoms with E-state index in [0.29, 0.717) is 11.1 Å². The average molecular weight is 217 g/mol. The standard InChI is InChI=1S/C11H8FN3O/c1-15-6-8(5-14-15)10-3-2-9(13-7-16)4-11(10)12/h2-6H,1H3. The molecule has 0 saturated carbocycles. The summed E-state index contributed by atoms with van der Waals surface area (Å²) in [7, 11) is 1.76. The number of aryl methyl sites for hydroxylation is 1. The van der Waals surface area contributed by atoms with E-state index in [1.165, 1.54) is 12.1 Å². The van der Waals surface area contributed by atoms with Crippen LogP contribution in [0.3, 0.4) is 0 Å². The first-order chi connectivity index (χ1) is 7.70. The average Bonchev–Trinajstić information content (AvgIpc) is 2.65. The molecule has 1 heterocycles. The normalized spacial score (nSPS) is 9.88. The van der Waals surface area contributed by atoms with E-state index < -0.39 is 5.82 Å². The minimum absolute atomic E-state index is 0.250. The van der Waals surface area contributed by atoms with Gasteiger partial charge in [0.2, 0.25) is 6.08 Å². The zero-order valence-electron chi connectivity index (χ0n) is 8.51. The summed E-state index contributed by atoms with van der Waals surface area (Å²) in [6.07, 6.45) is 4.65. The van der Waals surface area contributed by atoms with Crippen molar-refractivity contribution < 1.29 is 9.18 Å². The summed E-state index contributed by atoms with van der Waals surface area (Å²) in [5, 5.41) is 3.96. The zero-order chi connectivity index (χ0) is 11.5. The number of aromatic nitrogens is 2. The van der Waals surface area contributed by atoms with Crippen molar-refractivity contribution in [2.24, 2.45) is 12.0 Å². The number of hydrogen-bond donors (Lipinski definition) is 0. The topological polar surface area (TPSA) is 47.2 Å². The first-order valence-electron chi connectivity index (χ1n) is 4.57. The smallest absolute Gasteiger partial charge is 0.240 e. The monoisotopic (exact) mass is 217 g/mol. The number of isocyanates is 1. The fourth-order valence-corrected chi connectivity index (χ4v) is 1.42. The molecular weight excluding hydrogens is 209 g/mol. The van der Waals surface area contributed by atoms with Gasteiger partial charge in [-0.25, -0.2) is 9.18 Å². The van der Waals surface area contributed by atoms with Crippen LogP contribution in [-0.2, 0) is 11.8 Å². The molecule has 4 nitrogen and oxygen atoms in total. The van der Waals surface area contributed by atoms with Crippen molar-refractivity contribution >= 4 is 11.8 Å². The second-order valence-corrected chi connectivity index (χ2v) is 3.27. The van der Waals surface area contributed by atoms with Gasteiger partial charge in [0.15, 0.2) is 0 Å². The Morgan fingerprint density at radius 1 is 1.50 bits per heavy atom. The van der Waals surface area contributed by atoms with E-state index in [0.717, 1.165) is 0 Å². The maximum Gasteiger partial charge on any atom is 0.240 e. The Bertz CT molecular complexity index is 570. The Kier molecular flexibility index (Phi) is 2.62. The van der Waals surface area contributed by atoms with E-state index in [2.05, 4.69) is 10.1 Å². The summed E-state index contributed by atoms with van der Waals surface area (Å²) < 4.78 is 15.2. The molecule has 80 valence electrons. The third-order valence-corrected chi connectivity index (χ3v) is 2.14. The molecule has 0 aliphatic rings. The first-order valence-corrected chi connectivity index (χ1v) is 4.57. The summed E-state index contributed by atoms with van der Waals surface area (Å²) in [5.41, 5.74) is 1.36. The molecule has 5 heteroatoms. The Morgan fingerprint density at radius 2 is 2.31 bits per heavy atom. The van der Waals surface area contributed by atoms with Crippen LogP contribution in [-0.4, -0.2) is 15.9 Å². The quantitative estimate of drug-likeness (QED) is 0.571. The SMILES string of the molecule is Cn1cc(-c2ccc(N=C=O)cc2F)cn1. The molecule has 0 fully saturated rings. The predicted molar refractivity (Wildman–Crippen MR) is 56.4 cm³/mol. The number of hydrogen-bond acceptors (Lipinski definition) is 3. The largest absolute Gasteiger partial charge is 0.275 e. The zero-order valence-corrected chi connectivity index (χ0v) is 8.51. The number of benzene rings is 1. The Hall–Kier alpha value is -2.26. The summed E-state index contributed by atoms with van der Waals surface area (Å²) in [6.45, 7) is 0. The van der Waals surface area contributed by atoms with Gasteiger partial charge in [-0.3, -0.25) is 4.68 Å². The van der Waals surface area contributed by atoms with Crippen molar-refractivity contribution in [1.29, 1.82) is 0 Å². The molecule has 1 aromatic carbocycles. The van der Waals surface area contributed by atoms with Gasteiger partial charge in [-0.1, -0.05) is 0 Å². The lowest BCUT2D eigenvalue weighted by atomic mass is 10.1. The van der Waals surface area contributed by atoms with Crippen LogP contribution in [0.15, 0.2) is 35.6 Å². The molecule has 0 amide bonds. The number of rotatable bonds is 2. The van der Waals surface area contributed by atoms with Gasteiger partial charge in [-0.05, 0) is 12.1 Å². The first kappa shape index (κ1) is 10.3. The van der Waals surface area contributed by atoms with Crippen LogP contribution in [0.5, 0.6) is 0 Å². The fraction of sp³-hybridized carbons (Fsp3) is 0.0909. The van der Waals surface area contributed by atoms with Crippen molar-refractivity contribution in [3.63, 3.8) is 0 Å². The highest BCUT2D eigenvalue weighted by Gasteiger charge is 2.07. The van der Waals surface area contributed by atoms with E-state index in [1.54, 1.807) is 36.3 Å². The fourth-order valence-electron chi connectivity index (χ4n) is 1.42. The summed E-state index contributed by atoms with van der Waals surface area (Å²) in [4.78, 5) is 13.4. The van der Waals surface area contributed by atoms with Crippen molar-refractivity contribution in [2.45, 2.75) is 0 Å². The molecule has 0 N–H and O–H groups in total. The highest BCUT2D eigenvalue weighted by molar-refractivity contribution is 5.65. The Balaban J connectivity index is 2.47. The second-order valence-electron chi connectivity index (χ2n) is 3.27. The molecule has 0 bridgehead atoms. The van der Waals surface area contributed by atoms with Gasteiger partial charge in [0.05, 0.1) is 11.9 Å². The molecule has 0 unspecified atom stereocenters. The van der Waals surface area contributed by atoms with Crippen LogP contribution in [0.25, 0.3) is 11.1 Å². The number of carbonyl (C=O) groups excluding carboxylic acids is 1. The van der Waals surface area contributed by atoms with Crippen LogP contribution >= 0.6 is 0 Å². The van der Waals surface area contributed by atoms with Crippen LogP contribution in [0.1, 0.15) is 0 Å². The lowest BCUT2D eigenvalue weighted by molar-refractivity contribution is 0.565. The van der Waals surface area contributed by atoms with Gasteiger partial charge in [0, 0.05) is 30.4 Å². The van der Waals surface area contributed by atoms with Gasteiger partial charge >= 0.3 is 0 Å². The summed E-state index contributed by atoms with van der Waals surface area (Å²) >= 11 is 0. The van der Waals surface area contributed by atoms with Crippen molar-refractivity contribution in [2.75, 3.05) is 0 Å². The van der Waals surface area contributed by atoms with Crippen LogP contribution in [0.4, 0.5) is 10.1 Å². The highest BCUT2D eigenvalue weighted by atomic mass is 19.1. The Morgan fingerprint density at radius 3 is 2.88 bits per heavy atom. The molecule has 2 aromatic rings. The van der Waals surface area contributed by atoms with Gasteiger partial charge in [-0.15, -0.1) is 0 Å². The van der Waals surface area contributed by atoms with E-state index in [4.69, 9.17) is 0 Å². The van der Waals surface area contributed by atoms with Gasteiger partial charge in [0.1, 0.15) is 5.82 Å². The van der Waals surface area contributed by atoms with Gasteiger partial charge < -0.3 is 0 Å². The van der Waals surface area contributed by atoms with Crippen LogP contribution < -0.4 is 0 Å².